The third-order valence-corrected chi connectivity index (χ3v) is 4.94. The molecule has 0 saturated carbocycles. The third-order valence-electron chi connectivity index (χ3n) is 4.70. The van der Waals surface area contributed by atoms with E-state index < -0.39 is 0 Å². The molecule has 0 saturated heterocycles. The van der Waals surface area contributed by atoms with Gasteiger partial charge in [-0.25, -0.2) is 0 Å². The molecule has 1 heterocycles. The van der Waals surface area contributed by atoms with Gasteiger partial charge in [-0.15, -0.1) is 0 Å². The molecule has 0 aliphatic carbocycles. The number of hydrogen-bond acceptors (Lipinski definition) is 2. The van der Waals surface area contributed by atoms with E-state index in [2.05, 4.69) is 12.2 Å². The molecule has 26 heavy (non-hydrogen) atoms. The maximum absolute atomic E-state index is 12.8. The first-order valence-corrected chi connectivity index (χ1v) is 9.46. The summed E-state index contributed by atoms with van der Waals surface area (Å²) in [6.07, 6.45) is 1.56. The highest BCUT2D eigenvalue weighted by Gasteiger charge is 2.24. The Hall–Kier alpha value is -2.33. The Morgan fingerprint density at radius 2 is 1.88 bits per heavy atom. The molecule has 0 aliphatic rings. The number of nitrogens with zero attached hydrogens (tertiary/aromatic N) is 2. The molecule has 3 rings (SSSR count). The van der Waals surface area contributed by atoms with E-state index in [4.69, 9.17) is 16.7 Å². The van der Waals surface area contributed by atoms with Gasteiger partial charge in [0, 0.05) is 22.0 Å². The Balaban J connectivity index is 2.12. The van der Waals surface area contributed by atoms with Crippen molar-refractivity contribution in [1.82, 2.24) is 15.1 Å². The lowest BCUT2D eigenvalue weighted by Gasteiger charge is -2.19. The fourth-order valence-electron chi connectivity index (χ4n) is 3.07. The minimum absolute atomic E-state index is 0.000752. The van der Waals surface area contributed by atoms with Crippen LogP contribution in [-0.2, 0) is 4.79 Å². The number of hydrogen-bond donors (Lipinski definition) is 1. The van der Waals surface area contributed by atoms with Crippen LogP contribution in [0.1, 0.15) is 39.7 Å². The van der Waals surface area contributed by atoms with Crippen LogP contribution < -0.4 is 5.32 Å². The largest absolute Gasteiger partial charge is 0.352 e. The molecular formula is C21H24ClN3O. The number of rotatable bonds is 6. The number of nitrogens with one attached hydrogen (secondary N) is 1. The maximum atomic E-state index is 12.8. The van der Waals surface area contributed by atoms with E-state index in [1.54, 1.807) is 0 Å². The minimum Gasteiger partial charge on any atom is -0.352 e. The fourth-order valence-corrected chi connectivity index (χ4v) is 3.24. The van der Waals surface area contributed by atoms with Crippen molar-refractivity contribution in [1.29, 1.82) is 0 Å². The molecule has 0 bridgehead atoms. The number of benzene rings is 2. The van der Waals surface area contributed by atoms with Crippen LogP contribution in [0.2, 0.25) is 5.02 Å². The molecule has 136 valence electrons. The molecule has 0 aliphatic heterocycles. The van der Waals surface area contributed by atoms with Crippen molar-refractivity contribution < 1.29 is 4.79 Å². The summed E-state index contributed by atoms with van der Waals surface area (Å²) in [5, 5.41) is 9.52. The van der Waals surface area contributed by atoms with Gasteiger partial charge in [-0.2, -0.15) is 5.10 Å². The van der Waals surface area contributed by atoms with Crippen molar-refractivity contribution >= 4 is 28.4 Å². The summed E-state index contributed by atoms with van der Waals surface area (Å²) in [4.78, 5) is 12.8. The number of carbonyl (C=O) groups excluding carboxylic acids is 1. The average Bonchev–Trinajstić information content (AvgIpc) is 3.01. The molecule has 0 fully saturated rings. The predicted octanol–water partition coefficient (Wildman–Crippen LogP) is 5.22. The molecule has 2 aromatic carbocycles. The van der Waals surface area contributed by atoms with Gasteiger partial charge in [0.25, 0.3) is 0 Å². The van der Waals surface area contributed by atoms with E-state index >= 15 is 0 Å². The van der Waals surface area contributed by atoms with Crippen LogP contribution >= 0.6 is 11.6 Å². The van der Waals surface area contributed by atoms with Crippen molar-refractivity contribution in [2.45, 2.75) is 45.7 Å². The zero-order chi connectivity index (χ0) is 18.7. The number of fused-ring (bicyclic) bond motifs is 1. The summed E-state index contributed by atoms with van der Waals surface area (Å²) >= 11 is 6.23. The van der Waals surface area contributed by atoms with Gasteiger partial charge in [0.2, 0.25) is 5.91 Å². The molecule has 0 spiro atoms. The number of carbonyl (C=O) groups is 1. The Kier molecular flexibility index (Phi) is 5.62. The Morgan fingerprint density at radius 3 is 2.54 bits per heavy atom. The molecule has 2 unspecified atom stereocenters. The van der Waals surface area contributed by atoms with Crippen LogP contribution in [0.25, 0.3) is 22.2 Å². The van der Waals surface area contributed by atoms with Crippen molar-refractivity contribution in [3.8, 4) is 11.3 Å². The van der Waals surface area contributed by atoms with Gasteiger partial charge in [0.1, 0.15) is 11.7 Å². The van der Waals surface area contributed by atoms with E-state index in [1.807, 2.05) is 67.1 Å². The Bertz CT molecular complexity index is 904. The first kappa shape index (κ1) is 18.5. The molecule has 0 radical (unpaired) electrons. The van der Waals surface area contributed by atoms with Crippen LogP contribution in [0.15, 0.2) is 48.5 Å². The van der Waals surface area contributed by atoms with Crippen LogP contribution in [-0.4, -0.2) is 21.7 Å². The first-order valence-electron chi connectivity index (χ1n) is 9.08. The second-order valence-corrected chi connectivity index (χ2v) is 7.00. The van der Waals surface area contributed by atoms with Crippen molar-refractivity contribution in [2.24, 2.45) is 0 Å². The van der Waals surface area contributed by atoms with Gasteiger partial charge in [-0.1, -0.05) is 55.8 Å². The zero-order valence-corrected chi connectivity index (χ0v) is 16.1. The monoisotopic (exact) mass is 369 g/mol. The predicted molar refractivity (Wildman–Crippen MR) is 107 cm³/mol. The molecular weight excluding hydrogens is 346 g/mol. The molecule has 1 N–H and O–H groups in total. The minimum atomic E-state index is -0.356. The summed E-state index contributed by atoms with van der Waals surface area (Å²) in [5.41, 5.74) is 2.77. The van der Waals surface area contributed by atoms with Crippen LogP contribution in [0.4, 0.5) is 0 Å². The van der Waals surface area contributed by atoms with Crippen LogP contribution in [0.5, 0.6) is 0 Å². The van der Waals surface area contributed by atoms with Crippen molar-refractivity contribution in [2.75, 3.05) is 0 Å². The van der Waals surface area contributed by atoms with E-state index in [-0.39, 0.29) is 18.0 Å². The molecule has 1 amide bonds. The quantitative estimate of drug-likeness (QED) is 0.647. The molecule has 3 aromatic rings. The highest BCUT2D eigenvalue weighted by molar-refractivity contribution is 6.31. The SMILES string of the molecule is CCC(C)NC(=O)C(CC)n1nc(-c2ccccc2)c2cc(Cl)ccc21. The first-order chi connectivity index (χ1) is 12.5. The zero-order valence-electron chi connectivity index (χ0n) is 15.4. The second kappa shape index (κ2) is 7.92. The standard InChI is InChI=1S/C21H24ClN3O/c1-4-14(3)23-21(26)18(5-2)25-19-12-11-16(22)13-17(19)20(24-25)15-9-7-6-8-10-15/h6-14,18H,4-5H2,1-3H3,(H,23,26). The van der Waals surface area contributed by atoms with Gasteiger partial charge in [-0.3, -0.25) is 9.48 Å². The van der Waals surface area contributed by atoms with E-state index in [1.165, 1.54) is 0 Å². The smallest absolute Gasteiger partial charge is 0.245 e. The number of aromatic nitrogens is 2. The lowest BCUT2D eigenvalue weighted by molar-refractivity contribution is -0.125. The summed E-state index contributed by atoms with van der Waals surface area (Å²) in [6, 6.07) is 15.5. The highest BCUT2D eigenvalue weighted by atomic mass is 35.5. The third kappa shape index (κ3) is 3.61. The molecule has 5 heteroatoms. The summed E-state index contributed by atoms with van der Waals surface area (Å²) in [5.74, 6) is 0.000752. The summed E-state index contributed by atoms with van der Waals surface area (Å²) in [6.45, 7) is 6.08. The fraction of sp³-hybridized carbons (Fsp3) is 0.333. The topological polar surface area (TPSA) is 46.9 Å². The highest BCUT2D eigenvalue weighted by Crippen LogP contribution is 2.32. The van der Waals surface area contributed by atoms with Gasteiger partial charge >= 0.3 is 0 Å². The Labute approximate surface area is 159 Å². The van der Waals surface area contributed by atoms with Crippen LogP contribution in [0, 0.1) is 0 Å². The second-order valence-electron chi connectivity index (χ2n) is 6.56. The summed E-state index contributed by atoms with van der Waals surface area (Å²) < 4.78 is 1.84. The molecule has 1 aromatic heterocycles. The normalized spacial score (nSPS) is 13.5. The van der Waals surface area contributed by atoms with Gasteiger partial charge in [0.05, 0.1) is 5.52 Å². The van der Waals surface area contributed by atoms with Gasteiger partial charge in [-0.05, 0) is 38.0 Å². The molecule has 4 nitrogen and oxygen atoms in total. The van der Waals surface area contributed by atoms with Crippen molar-refractivity contribution in [3.63, 3.8) is 0 Å². The van der Waals surface area contributed by atoms with E-state index in [9.17, 15) is 4.79 Å². The maximum Gasteiger partial charge on any atom is 0.245 e. The Morgan fingerprint density at radius 1 is 1.15 bits per heavy atom. The lowest BCUT2D eigenvalue weighted by atomic mass is 10.1. The average molecular weight is 370 g/mol. The van der Waals surface area contributed by atoms with Crippen molar-refractivity contribution in [3.05, 3.63) is 53.6 Å². The lowest BCUT2D eigenvalue weighted by Crippen LogP contribution is -2.38. The summed E-state index contributed by atoms with van der Waals surface area (Å²) in [7, 11) is 0. The van der Waals surface area contributed by atoms with Gasteiger partial charge < -0.3 is 5.32 Å². The van der Waals surface area contributed by atoms with E-state index in [0.29, 0.717) is 11.4 Å². The van der Waals surface area contributed by atoms with Gasteiger partial charge in [0.15, 0.2) is 0 Å². The molecule has 2 atom stereocenters. The van der Waals surface area contributed by atoms with E-state index in [0.717, 1.165) is 28.6 Å². The number of amides is 1. The number of halogens is 1. The van der Waals surface area contributed by atoms with Crippen LogP contribution in [0.3, 0.4) is 0 Å².